The predicted octanol–water partition coefficient (Wildman–Crippen LogP) is 4.47. The first-order chi connectivity index (χ1) is 14.3. The van der Waals surface area contributed by atoms with Crippen LogP contribution in [0.25, 0.3) is 0 Å². The molecule has 2 aromatic carbocycles. The molecule has 2 amide bonds. The number of benzene rings is 2. The van der Waals surface area contributed by atoms with Crippen LogP contribution in [0.5, 0.6) is 5.75 Å². The van der Waals surface area contributed by atoms with Crippen LogP contribution in [-0.4, -0.2) is 49.0 Å². The number of hydrogen-bond donors (Lipinski definition) is 2. The summed E-state index contributed by atoms with van der Waals surface area (Å²) in [5, 5.41) is 6.48. The lowest BCUT2D eigenvalue weighted by molar-refractivity contribution is -0.122. The number of amides is 2. The van der Waals surface area contributed by atoms with Crippen LogP contribution in [0.3, 0.4) is 0 Å². The maximum absolute atomic E-state index is 12.4. The Kier molecular flexibility index (Phi) is 9.43. The zero-order chi connectivity index (χ0) is 22.1. The molecule has 8 heteroatoms. The van der Waals surface area contributed by atoms with E-state index in [9.17, 15) is 9.59 Å². The van der Waals surface area contributed by atoms with Gasteiger partial charge in [-0.1, -0.05) is 37.0 Å². The lowest BCUT2D eigenvalue weighted by Gasteiger charge is -2.18. The van der Waals surface area contributed by atoms with Gasteiger partial charge in [-0.15, -0.1) is 0 Å². The van der Waals surface area contributed by atoms with Crippen LogP contribution in [0.2, 0.25) is 10.0 Å². The summed E-state index contributed by atoms with van der Waals surface area (Å²) >= 11 is 11.9. The molecule has 162 valence electrons. The largest absolute Gasteiger partial charge is 0.479 e. The zero-order valence-electron chi connectivity index (χ0n) is 17.4. The highest BCUT2D eigenvalue weighted by molar-refractivity contribution is 6.35. The minimum atomic E-state index is -0.772. The highest BCUT2D eigenvalue weighted by atomic mass is 35.5. The SMILES string of the molecule is CCN(CC)CCNC(=O)c1ccc(NC(=O)C(C)Oc2ccc(Cl)cc2Cl)cc1. The summed E-state index contributed by atoms with van der Waals surface area (Å²) in [6, 6.07) is 11.5. The van der Waals surface area contributed by atoms with E-state index in [1.807, 2.05) is 0 Å². The summed E-state index contributed by atoms with van der Waals surface area (Å²) in [4.78, 5) is 26.9. The van der Waals surface area contributed by atoms with Gasteiger partial charge in [-0.3, -0.25) is 9.59 Å². The van der Waals surface area contributed by atoms with Gasteiger partial charge in [0.05, 0.1) is 5.02 Å². The van der Waals surface area contributed by atoms with Gasteiger partial charge in [-0.2, -0.15) is 0 Å². The van der Waals surface area contributed by atoms with Gasteiger partial charge in [0.2, 0.25) is 0 Å². The minimum Gasteiger partial charge on any atom is -0.479 e. The van der Waals surface area contributed by atoms with Crippen molar-refractivity contribution < 1.29 is 14.3 Å². The van der Waals surface area contributed by atoms with Crippen LogP contribution >= 0.6 is 23.2 Å². The first-order valence-electron chi connectivity index (χ1n) is 9.87. The average molecular weight is 452 g/mol. The molecule has 0 spiro atoms. The molecule has 1 unspecified atom stereocenters. The van der Waals surface area contributed by atoms with Crippen molar-refractivity contribution in [2.75, 3.05) is 31.5 Å². The normalized spacial score (nSPS) is 11.8. The van der Waals surface area contributed by atoms with Gasteiger partial charge in [0, 0.05) is 29.4 Å². The molecule has 0 saturated carbocycles. The van der Waals surface area contributed by atoms with E-state index < -0.39 is 6.10 Å². The summed E-state index contributed by atoms with van der Waals surface area (Å²) in [7, 11) is 0. The number of carbonyl (C=O) groups is 2. The molecule has 2 aromatic rings. The first kappa shape index (κ1) is 24.0. The molecule has 0 bridgehead atoms. The molecule has 0 radical (unpaired) electrons. The third kappa shape index (κ3) is 7.20. The Balaban J connectivity index is 1.86. The van der Waals surface area contributed by atoms with Gasteiger partial charge in [-0.25, -0.2) is 0 Å². The molecule has 0 aliphatic rings. The van der Waals surface area contributed by atoms with Crippen LogP contribution in [-0.2, 0) is 4.79 Å². The molecule has 0 fully saturated rings. The van der Waals surface area contributed by atoms with E-state index in [0.717, 1.165) is 19.6 Å². The molecule has 0 aromatic heterocycles. The van der Waals surface area contributed by atoms with Crippen molar-refractivity contribution in [2.45, 2.75) is 26.9 Å². The third-order valence-corrected chi connectivity index (χ3v) is 5.12. The van der Waals surface area contributed by atoms with E-state index in [1.54, 1.807) is 49.4 Å². The number of hydrogen-bond acceptors (Lipinski definition) is 4. The van der Waals surface area contributed by atoms with E-state index in [1.165, 1.54) is 0 Å². The molecule has 30 heavy (non-hydrogen) atoms. The number of nitrogens with zero attached hydrogens (tertiary/aromatic N) is 1. The van der Waals surface area contributed by atoms with E-state index in [-0.39, 0.29) is 11.8 Å². The Labute approximate surface area is 187 Å². The second-order valence-electron chi connectivity index (χ2n) is 6.68. The Hall–Kier alpha value is -2.28. The van der Waals surface area contributed by atoms with Crippen LogP contribution in [0, 0.1) is 0 Å². The number of nitrogens with one attached hydrogen (secondary N) is 2. The van der Waals surface area contributed by atoms with Gasteiger partial charge in [0.1, 0.15) is 5.75 Å². The molecule has 2 rings (SSSR count). The lowest BCUT2D eigenvalue weighted by Crippen LogP contribution is -2.34. The van der Waals surface area contributed by atoms with Gasteiger partial charge < -0.3 is 20.3 Å². The third-order valence-electron chi connectivity index (χ3n) is 4.59. The summed E-state index contributed by atoms with van der Waals surface area (Å²) in [6.07, 6.45) is -0.772. The van der Waals surface area contributed by atoms with Gasteiger partial charge in [0.15, 0.2) is 6.10 Å². The standard InChI is InChI=1S/C22H27Cl2N3O3/c1-4-27(5-2)13-12-25-22(29)16-6-9-18(10-7-16)26-21(28)15(3)30-20-11-8-17(23)14-19(20)24/h6-11,14-15H,4-5,12-13H2,1-3H3,(H,25,29)(H,26,28). The van der Waals surface area contributed by atoms with Crippen LogP contribution in [0.4, 0.5) is 5.69 Å². The summed E-state index contributed by atoms with van der Waals surface area (Å²) in [5.74, 6) is -0.105. The van der Waals surface area contributed by atoms with Crippen molar-refractivity contribution in [3.63, 3.8) is 0 Å². The van der Waals surface area contributed by atoms with Crippen molar-refractivity contribution in [1.29, 1.82) is 0 Å². The molecule has 2 N–H and O–H groups in total. The molecule has 0 heterocycles. The summed E-state index contributed by atoms with van der Waals surface area (Å²) in [5.41, 5.74) is 1.10. The smallest absolute Gasteiger partial charge is 0.265 e. The summed E-state index contributed by atoms with van der Waals surface area (Å²) < 4.78 is 5.61. The van der Waals surface area contributed by atoms with E-state index in [0.29, 0.717) is 33.6 Å². The Bertz CT molecular complexity index is 855. The van der Waals surface area contributed by atoms with Crippen LogP contribution in [0.1, 0.15) is 31.1 Å². The fourth-order valence-electron chi connectivity index (χ4n) is 2.73. The Morgan fingerprint density at radius 2 is 1.73 bits per heavy atom. The molecule has 1 atom stereocenters. The highest BCUT2D eigenvalue weighted by Gasteiger charge is 2.17. The molecular weight excluding hydrogens is 425 g/mol. The quantitative estimate of drug-likeness (QED) is 0.558. The van der Waals surface area contributed by atoms with Crippen molar-refractivity contribution in [3.05, 3.63) is 58.1 Å². The zero-order valence-corrected chi connectivity index (χ0v) is 18.9. The Morgan fingerprint density at radius 1 is 1.07 bits per heavy atom. The average Bonchev–Trinajstić information content (AvgIpc) is 2.73. The number of carbonyl (C=O) groups excluding carboxylic acids is 2. The van der Waals surface area contributed by atoms with Crippen molar-refractivity contribution in [2.24, 2.45) is 0 Å². The molecular formula is C22H27Cl2N3O3. The lowest BCUT2D eigenvalue weighted by atomic mass is 10.2. The second kappa shape index (κ2) is 11.8. The number of likely N-dealkylation sites (N-methyl/N-ethyl adjacent to an activating group) is 1. The van der Waals surface area contributed by atoms with E-state index in [2.05, 4.69) is 29.4 Å². The molecule has 0 aliphatic heterocycles. The van der Waals surface area contributed by atoms with Gasteiger partial charge in [0.25, 0.3) is 11.8 Å². The van der Waals surface area contributed by atoms with Crippen LogP contribution in [0.15, 0.2) is 42.5 Å². The monoisotopic (exact) mass is 451 g/mol. The van der Waals surface area contributed by atoms with Crippen molar-refractivity contribution in [1.82, 2.24) is 10.2 Å². The van der Waals surface area contributed by atoms with E-state index >= 15 is 0 Å². The number of rotatable bonds is 10. The first-order valence-corrected chi connectivity index (χ1v) is 10.6. The van der Waals surface area contributed by atoms with E-state index in [4.69, 9.17) is 27.9 Å². The molecule has 0 saturated heterocycles. The Morgan fingerprint density at radius 3 is 2.33 bits per heavy atom. The fraction of sp³-hybridized carbons (Fsp3) is 0.364. The second-order valence-corrected chi connectivity index (χ2v) is 7.53. The predicted molar refractivity (Wildman–Crippen MR) is 122 cm³/mol. The van der Waals surface area contributed by atoms with Crippen molar-refractivity contribution in [3.8, 4) is 5.75 Å². The van der Waals surface area contributed by atoms with Crippen molar-refractivity contribution >= 4 is 40.7 Å². The topological polar surface area (TPSA) is 70.7 Å². The highest BCUT2D eigenvalue weighted by Crippen LogP contribution is 2.28. The molecule has 0 aliphatic carbocycles. The fourth-order valence-corrected chi connectivity index (χ4v) is 3.19. The van der Waals surface area contributed by atoms with Gasteiger partial charge in [-0.05, 0) is 62.5 Å². The molecule has 6 nitrogen and oxygen atoms in total. The number of ether oxygens (including phenoxy) is 1. The maximum atomic E-state index is 12.4. The van der Waals surface area contributed by atoms with Gasteiger partial charge >= 0.3 is 0 Å². The number of halogens is 2. The van der Waals surface area contributed by atoms with Crippen LogP contribution < -0.4 is 15.4 Å². The summed E-state index contributed by atoms with van der Waals surface area (Å²) in [6.45, 7) is 9.10. The minimum absolute atomic E-state index is 0.144. The maximum Gasteiger partial charge on any atom is 0.265 e. The number of anilines is 1.